The molecule has 6 nitrogen and oxygen atoms in total. The monoisotopic (exact) mass is 352 g/mol. The molecule has 0 aliphatic rings. The number of carbonyl (C=O) groups is 1. The first-order valence-electron chi connectivity index (χ1n) is 7.73. The Hall–Kier alpha value is -3.06. The molecule has 0 aliphatic carbocycles. The number of anilines is 1. The molecule has 3 rings (SSSR count). The van der Waals surface area contributed by atoms with Crippen LogP contribution < -0.4 is 10.9 Å². The van der Waals surface area contributed by atoms with Crippen LogP contribution in [0.3, 0.4) is 0 Å². The van der Waals surface area contributed by atoms with Crippen molar-refractivity contribution in [2.45, 2.75) is 13.3 Å². The van der Waals surface area contributed by atoms with Gasteiger partial charge >= 0.3 is 0 Å². The molecule has 0 saturated carbocycles. The van der Waals surface area contributed by atoms with Crippen LogP contribution in [0.2, 0.25) is 0 Å². The van der Waals surface area contributed by atoms with E-state index in [9.17, 15) is 9.59 Å². The molecule has 2 N–H and O–H groups in total. The molecule has 0 atom stereocenters. The summed E-state index contributed by atoms with van der Waals surface area (Å²) in [6.07, 6.45) is 5.45. The minimum atomic E-state index is -0.254. The minimum absolute atomic E-state index is 0.192. The Labute approximate surface area is 148 Å². The third-order valence-corrected chi connectivity index (χ3v) is 4.13. The molecule has 0 aliphatic heterocycles. The zero-order valence-electron chi connectivity index (χ0n) is 13.5. The predicted octanol–water partition coefficient (Wildman–Crippen LogP) is 3.11. The largest absolute Gasteiger partial charge is 0.322 e. The summed E-state index contributed by atoms with van der Waals surface area (Å²) in [4.78, 5) is 35.0. The van der Waals surface area contributed by atoms with E-state index in [1.54, 1.807) is 30.5 Å². The number of hydrogen-bond acceptors (Lipinski definition) is 5. The third kappa shape index (κ3) is 4.48. The van der Waals surface area contributed by atoms with Crippen molar-refractivity contribution < 1.29 is 4.79 Å². The predicted molar refractivity (Wildman–Crippen MR) is 99.4 cm³/mol. The second-order valence-electron chi connectivity index (χ2n) is 5.21. The molecule has 1 amide bonds. The normalized spacial score (nSPS) is 10.9. The number of H-pyrrole nitrogens is 1. The standard InChI is InChI=1S/C18H16N4O2S/c1-2-13-11-16(24)22-18(21-13)12-4-3-5-14(10-12)20-15(23)6-7-17-19-8-9-25-17/h3-11H,2H2,1H3,(H,20,23)(H,21,22,24). The molecule has 0 saturated heterocycles. The maximum Gasteiger partial charge on any atom is 0.251 e. The van der Waals surface area contributed by atoms with E-state index in [0.29, 0.717) is 17.9 Å². The van der Waals surface area contributed by atoms with Gasteiger partial charge in [0, 0.05) is 40.7 Å². The summed E-state index contributed by atoms with van der Waals surface area (Å²) in [7, 11) is 0. The lowest BCUT2D eigenvalue weighted by molar-refractivity contribution is -0.111. The summed E-state index contributed by atoms with van der Waals surface area (Å²) in [5.74, 6) is 0.231. The van der Waals surface area contributed by atoms with Gasteiger partial charge in [0.2, 0.25) is 5.91 Å². The van der Waals surface area contributed by atoms with Crippen LogP contribution in [0.4, 0.5) is 5.69 Å². The molecule has 1 aromatic carbocycles. The van der Waals surface area contributed by atoms with E-state index in [-0.39, 0.29) is 11.5 Å². The molecule has 0 bridgehead atoms. The maximum absolute atomic E-state index is 12.0. The summed E-state index contributed by atoms with van der Waals surface area (Å²) in [6.45, 7) is 1.94. The number of carbonyl (C=O) groups excluding carboxylic acids is 1. The van der Waals surface area contributed by atoms with Crippen molar-refractivity contribution in [3.8, 4) is 11.4 Å². The van der Waals surface area contributed by atoms with Gasteiger partial charge in [0.05, 0.1) is 0 Å². The molecule has 0 spiro atoms. The average molecular weight is 352 g/mol. The Kier molecular flexibility index (Phi) is 5.15. The van der Waals surface area contributed by atoms with Crippen LogP contribution in [0.1, 0.15) is 17.6 Å². The lowest BCUT2D eigenvalue weighted by atomic mass is 10.1. The number of nitrogens with one attached hydrogen (secondary N) is 2. The third-order valence-electron chi connectivity index (χ3n) is 3.39. The van der Waals surface area contributed by atoms with Crippen LogP contribution in [0.5, 0.6) is 0 Å². The molecule has 0 unspecified atom stereocenters. The van der Waals surface area contributed by atoms with E-state index in [1.165, 1.54) is 23.5 Å². The number of nitrogens with zero attached hydrogens (tertiary/aromatic N) is 2. The van der Waals surface area contributed by atoms with Crippen molar-refractivity contribution in [1.82, 2.24) is 15.0 Å². The van der Waals surface area contributed by atoms with Crippen molar-refractivity contribution in [3.05, 3.63) is 69.0 Å². The second kappa shape index (κ2) is 7.67. The average Bonchev–Trinajstić information content (AvgIpc) is 3.13. The first kappa shape index (κ1) is 16.8. The van der Waals surface area contributed by atoms with Gasteiger partial charge in [-0.15, -0.1) is 11.3 Å². The zero-order chi connectivity index (χ0) is 17.6. The van der Waals surface area contributed by atoms with Gasteiger partial charge in [0.25, 0.3) is 5.56 Å². The topological polar surface area (TPSA) is 87.7 Å². The van der Waals surface area contributed by atoms with Crippen LogP contribution in [0.25, 0.3) is 17.5 Å². The smallest absolute Gasteiger partial charge is 0.251 e. The van der Waals surface area contributed by atoms with Crippen molar-refractivity contribution in [3.63, 3.8) is 0 Å². The molecule has 0 fully saturated rings. The molecule has 126 valence electrons. The van der Waals surface area contributed by atoms with E-state index >= 15 is 0 Å². The zero-order valence-corrected chi connectivity index (χ0v) is 14.3. The molecular weight excluding hydrogens is 336 g/mol. The van der Waals surface area contributed by atoms with Crippen molar-refractivity contribution in [2.75, 3.05) is 5.32 Å². The fraction of sp³-hybridized carbons (Fsp3) is 0.111. The van der Waals surface area contributed by atoms with Crippen LogP contribution in [-0.2, 0) is 11.2 Å². The van der Waals surface area contributed by atoms with Crippen molar-refractivity contribution in [2.24, 2.45) is 0 Å². The van der Waals surface area contributed by atoms with Gasteiger partial charge in [-0.2, -0.15) is 0 Å². The van der Waals surface area contributed by atoms with Crippen LogP contribution >= 0.6 is 11.3 Å². The summed E-state index contributed by atoms with van der Waals surface area (Å²) in [6, 6.07) is 8.67. The van der Waals surface area contributed by atoms with Gasteiger partial charge in [-0.3, -0.25) is 9.59 Å². The first-order valence-corrected chi connectivity index (χ1v) is 8.61. The number of thiazole rings is 1. The number of hydrogen-bond donors (Lipinski definition) is 2. The van der Waals surface area contributed by atoms with Crippen LogP contribution in [0, 0.1) is 0 Å². The lowest BCUT2D eigenvalue weighted by Gasteiger charge is -2.06. The molecule has 7 heteroatoms. The Morgan fingerprint density at radius 1 is 1.36 bits per heavy atom. The maximum atomic E-state index is 12.0. The molecule has 25 heavy (non-hydrogen) atoms. The summed E-state index contributed by atoms with van der Waals surface area (Å²) < 4.78 is 0. The number of amides is 1. The first-order chi connectivity index (χ1) is 12.1. The van der Waals surface area contributed by atoms with Crippen molar-refractivity contribution >= 4 is 29.0 Å². The highest BCUT2D eigenvalue weighted by Gasteiger charge is 2.05. The quantitative estimate of drug-likeness (QED) is 0.691. The Balaban J connectivity index is 1.78. The minimum Gasteiger partial charge on any atom is -0.322 e. The summed E-state index contributed by atoms with van der Waals surface area (Å²) in [5, 5.41) is 5.40. The number of aryl methyl sites for hydroxylation is 1. The number of aromatic amines is 1. The van der Waals surface area contributed by atoms with E-state index in [4.69, 9.17) is 0 Å². The lowest BCUT2D eigenvalue weighted by Crippen LogP contribution is -2.10. The fourth-order valence-corrected chi connectivity index (χ4v) is 2.75. The Morgan fingerprint density at radius 2 is 2.24 bits per heavy atom. The van der Waals surface area contributed by atoms with Crippen LogP contribution in [0.15, 0.2) is 52.8 Å². The van der Waals surface area contributed by atoms with E-state index in [2.05, 4.69) is 20.3 Å². The van der Waals surface area contributed by atoms with Gasteiger partial charge in [-0.25, -0.2) is 9.97 Å². The number of rotatable bonds is 5. The van der Waals surface area contributed by atoms with Gasteiger partial charge in [0.15, 0.2) is 0 Å². The number of benzene rings is 1. The summed E-state index contributed by atoms with van der Waals surface area (Å²) in [5.41, 5.74) is 1.88. The fourth-order valence-electron chi connectivity index (χ4n) is 2.22. The molecule has 2 aromatic heterocycles. The van der Waals surface area contributed by atoms with Crippen LogP contribution in [-0.4, -0.2) is 20.9 Å². The molecule has 3 aromatic rings. The highest BCUT2D eigenvalue weighted by Crippen LogP contribution is 2.19. The highest BCUT2D eigenvalue weighted by molar-refractivity contribution is 7.10. The molecule has 0 radical (unpaired) electrons. The van der Waals surface area contributed by atoms with Crippen molar-refractivity contribution in [1.29, 1.82) is 0 Å². The molecule has 2 heterocycles. The summed E-state index contributed by atoms with van der Waals surface area (Å²) >= 11 is 1.46. The Bertz CT molecular complexity index is 961. The van der Waals surface area contributed by atoms with E-state index in [0.717, 1.165) is 16.3 Å². The van der Waals surface area contributed by atoms with Gasteiger partial charge < -0.3 is 10.3 Å². The number of aromatic nitrogens is 3. The SMILES string of the molecule is CCc1cc(=O)[nH]c(-c2cccc(NC(=O)C=Cc3nccs3)c2)n1. The Morgan fingerprint density at radius 3 is 3.00 bits per heavy atom. The van der Waals surface area contributed by atoms with Gasteiger partial charge in [0.1, 0.15) is 10.8 Å². The van der Waals surface area contributed by atoms with Gasteiger partial charge in [-0.1, -0.05) is 19.1 Å². The molecular formula is C18H16N4O2S. The highest BCUT2D eigenvalue weighted by atomic mass is 32.1. The van der Waals surface area contributed by atoms with E-state index in [1.807, 2.05) is 18.4 Å². The van der Waals surface area contributed by atoms with E-state index < -0.39 is 0 Å². The van der Waals surface area contributed by atoms with Gasteiger partial charge in [-0.05, 0) is 24.6 Å². The second-order valence-corrected chi connectivity index (χ2v) is 6.14.